The number of Topliss-reactive ketones (excluding diaryl/α,β-unsaturated/α-hetero) is 1. The van der Waals surface area contributed by atoms with Crippen LogP contribution in [0.2, 0.25) is 0 Å². The second kappa shape index (κ2) is 7.31. The largest absolute Gasteiger partial charge is 0.507 e. The van der Waals surface area contributed by atoms with Gasteiger partial charge in [-0.3, -0.25) is 24.5 Å². The molecule has 2 aromatic heterocycles. The maximum absolute atomic E-state index is 13.1. The highest BCUT2D eigenvalue weighted by atomic mass is 16.3. The van der Waals surface area contributed by atoms with E-state index in [-0.39, 0.29) is 11.3 Å². The van der Waals surface area contributed by atoms with Crippen molar-refractivity contribution in [2.24, 2.45) is 0 Å². The normalized spacial score (nSPS) is 18.3. The summed E-state index contributed by atoms with van der Waals surface area (Å²) >= 11 is 0. The number of hydrogen-bond donors (Lipinski definition) is 1. The van der Waals surface area contributed by atoms with E-state index in [9.17, 15) is 14.7 Å². The van der Waals surface area contributed by atoms with Crippen molar-refractivity contribution in [2.75, 3.05) is 4.90 Å². The minimum atomic E-state index is -0.829. The van der Waals surface area contributed by atoms with Gasteiger partial charge in [-0.2, -0.15) is 0 Å². The molecule has 3 heterocycles. The molecule has 4 rings (SSSR count). The zero-order valence-electron chi connectivity index (χ0n) is 16.0. The van der Waals surface area contributed by atoms with Gasteiger partial charge in [-0.15, -0.1) is 0 Å². The fourth-order valence-electron chi connectivity index (χ4n) is 3.56. The van der Waals surface area contributed by atoms with Crippen molar-refractivity contribution < 1.29 is 14.7 Å². The number of aliphatic hydroxyl groups excluding tert-OH is 1. The predicted molar refractivity (Wildman–Crippen MR) is 109 cm³/mol. The first-order valence-corrected chi connectivity index (χ1v) is 9.19. The molecule has 1 aromatic carbocycles. The average Bonchev–Trinajstić information content (AvgIpc) is 3.01. The Morgan fingerprint density at radius 3 is 2.41 bits per heavy atom. The second-order valence-corrected chi connectivity index (χ2v) is 6.88. The molecular formula is C23H19N3O3. The number of ketones is 1. The van der Waals surface area contributed by atoms with Gasteiger partial charge in [0.05, 0.1) is 11.3 Å². The van der Waals surface area contributed by atoms with Gasteiger partial charge in [0.25, 0.3) is 11.7 Å². The number of benzene rings is 1. The van der Waals surface area contributed by atoms with E-state index in [0.29, 0.717) is 16.9 Å². The summed E-state index contributed by atoms with van der Waals surface area (Å²) in [5, 5.41) is 11.0. The van der Waals surface area contributed by atoms with Crippen LogP contribution in [-0.4, -0.2) is 26.8 Å². The van der Waals surface area contributed by atoms with Crippen LogP contribution in [0.1, 0.15) is 28.4 Å². The van der Waals surface area contributed by atoms with E-state index < -0.39 is 17.7 Å². The molecule has 0 saturated carbocycles. The molecule has 1 aliphatic heterocycles. The van der Waals surface area contributed by atoms with Gasteiger partial charge >= 0.3 is 0 Å². The van der Waals surface area contributed by atoms with Crippen LogP contribution in [0, 0.1) is 13.8 Å². The molecule has 144 valence electrons. The Morgan fingerprint density at radius 2 is 1.72 bits per heavy atom. The second-order valence-electron chi connectivity index (χ2n) is 6.88. The lowest BCUT2D eigenvalue weighted by Gasteiger charge is -2.26. The number of rotatable bonds is 3. The first-order chi connectivity index (χ1) is 14.0. The maximum atomic E-state index is 13.1. The fourth-order valence-corrected chi connectivity index (χ4v) is 3.56. The van der Waals surface area contributed by atoms with E-state index in [2.05, 4.69) is 9.97 Å². The zero-order chi connectivity index (χ0) is 20.5. The van der Waals surface area contributed by atoms with Gasteiger partial charge in [0.15, 0.2) is 0 Å². The highest BCUT2D eigenvalue weighted by molar-refractivity contribution is 6.51. The SMILES string of the molecule is Cc1cccc(N2C(=O)C(=O)/C(=C(/O)c3ccncc3)C2c2ccccn2)c1C. The Balaban J connectivity index is 1.98. The van der Waals surface area contributed by atoms with E-state index in [1.807, 2.05) is 26.0 Å². The van der Waals surface area contributed by atoms with Gasteiger partial charge in [0, 0.05) is 29.8 Å². The molecule has 6 nitrogen and oxygen atoms in total. The molecule has 0 radical (unpaired) electrons. The van der Waals surface area contributed by atoms with Gasteiger partial charge in [-0.25, -0.2) is 0 Å². The summed E-state index contributed by atoms with van der Waals surface area (Å²) in [7, 11) is 0. The van der Waals surface area contributed by atoms with E-state index >= 15 is 0 Å². The third-order valence-corrected chi connectivity index (χ3v) is 5.20. The van der Waals surface area contributed by atoms with Crippen molar-refractivity contribution >= 4 is 23.1 Å². The maximum Gasteiger partial charge on any atom is 0.300 e. The molecule has 0 spiro atoms. The highest BCUT2D eigenvalue weighted by Gasteiger charge is 2.48. The number of pyridine rings is 2. The smallest absolute Gasteiger partial charge is 0.300 e. The Bertz CT molecular complexity index is 1120. The molecule has 1 aliphatic rings. The highest BCUT2D eigenvalue weighted by Crippen LogP contribution is 2.42. The van der Waals surface area contributed by atoms with Crippen molar-refractivity contribution in [2.45, 2.75) is 19.9 Å². The fraction of sp³-hybridized carbons (Fsp3) is 0.130. The lowest BCUT2D eigenvalue weighted by molar-refractivity contribution is -0.132. The summed E-state index contributed by atoms with van der Waals surface area (Å²) in [5.74, 6) is -1.67. The van der Waals surface area contributed by atoms with Gasteiger partial charge in [0.1, 0.15) is 11.8 Å². The molecule has 1 saturated heterocycles. The first kappa shape index (κ1) is 18.6. The number of anilines is 1. The molecule has 1 amide bonds. The molecule has 1 atom stereocenters. The zero-order valence-corrected chi connectivity index (χ0v) is 16.0. The lowest BCUT2D eigenvalue weighted by Crippen LogP contribution is -2.30. The number of nitrogens with zero attached hydrogens (tertiary/aromatic N) is 3. The Hall–Kier alpha value is -3.80. The number of carbonyl (C=O) groups is 2. The number of carbonyl (C=O) groups excluding carboxylic acids is 2. The van der Waals surface area contributed by atoms with E-state index in [4.69, 9.17) is 0 Å². The number of amides is 1. The van der Waals surface area contributed by atoms with Crippen molar-refractivity contribution in [1.29, 1.82) is 0 Å². The van der Waals surface area contributed by atoms with Crippen LogP contribution in [0.3, 0.4) is 0 Å². The van der Waals surface area contributed by atoms with E-state index in [0.717, 1.165) is 11.1 Å². The first-order valence-electron chi connectivity index (χ1n) is 9.19. The van der Waals surface area contributed by atoms with Crippen molar-refractivity contribution in [3.8, 4) is 0 Å². The molecule has 0 aliphatic carbocycles. The van der Waals surface area contributed by atoms with Gasteiger partial charge in [-0.05, 0) is 55.3 Å². The summed E-state index contributed by atoms with van der Waals surface area (Å²) in [6, 6.07) is 13.2. The summed E-state index contributed by atoms with van der Waals surface area (Å²) < 4.78 is 0. The number of aliphatic hydroxyl groups is 1. The standard InChI is InChI=1S/C23H19N3O3/c1-14-6-5-8-18(15(14)2)26-20(17-7-3-4-11-25-17)19(22(28)23(26)29)21(27)16-9-12-24-13-10-16/h3-13,20,27H,1-2H3/b21-19+. The Kier molecular flexibility index (Phi) is 4.68. The number of hydrogen-bond acceptors (Lipinski definition) is 5. The van der Waals surface area contributed by atoms with Crippen LogP contribution in [0.25, 0.3) is 5.76 Å². The summed E-state index contributed by atoms with van der Waals surface area (Å²) in [6.07, 6.45) is 4.64. The third kappa shape index (κ3) is 3.08. The van der Waals surface area contributed by atoms with Gasteiger partial charge in [-0.1, -0.05) is 18.2 Å². The minimum Gasteiger partial charge on any atom is -0.507 e. The third-order valence-electron chi connectivity index (χ3n) is 5.20. The molecule has 3 aromatic rings. The van der Waals surface area contributed by atoms with Crippen LogP contribution in [0.5, 0.6) is 0 Å². The number of aryl methyl sites for hydroxylation is 1. The monoisotopic (exact) mass is 385 g/mol. The quantitative estimate of drug-likeness (QED) is 0.422. The molecule has 0 bridgehead atoms. The van der Waals surface area contributed by atoms with Crippen molar-refractivity contribution in [1.82, 2.24) is 9.97 Å². The molecular weight excluding hydrogens is 366 g/mol. The van der Waals surface area contributed by atoms with Crippen LogP contribution in [-0.2, 0) is 9.59 Å². The molecule has 1 N–H and O–H groups in total. The summed E-state index contributed by atoms with van der Waals surface area (Å²) in [5.41, 5.74) is 3.44. The average molecular weight is 385 g/mol. The number of aromatic nitrogens is 2. The topological polar surface area (TPSA) is 83.4 Å². The lowest BCUT2D eigenvalue weighted by atomic mass is 9.98. The summed E-state index contributed by atoms with van der Waals surface area (Å²) in [6.45, 7) is 3.85. The van der Waals surface area contributed by atoms with Crippen LogP contribution in [0.15, 0.2) is 72.7 Å². The van der Waals surface area contributed by atoms with Gasteiger partial charge in [0.2, 0.25) is 0 Å². The molecule has 1 fully saturated rings. The van der Waals surface area contributed by atoms with E-state index in [1.54, 1.807) is 42.6 Å². The van der Waals surface area contributed by atoms with Gasteiger partial charge < -0.3 is 5.11 Å². The molecule has 6 heteroatoms. The molecule has 1 unspecified atom stereocenters. The molecule has 29 heavy (non-hydrogen) atoms. The Labute approximate surface area is 168 Å². The minimum absolute atomic E-state index is 0.0146. The van der Waals surface area contributed by atoms with E-state index in [1.165, 1.54) is 17.3 Å². The predicted octanol–water partition coefficient (Wildman–Crippen LogP) is 3.72. The summed E-state index contributed by atoms with van der Waals surface area (Å²) in [4.78, 5) is 35.9. The van der Waals surface area contributed by atoms with Crippen molar-refractivity contribution in [3.05, 3.63) is 95.1 Å². The van der Waals surface area contributed by atoms with Crippen LogP contribution < -0.4 is 4.90 Å². The van der Waals surface area contributed by atoms with Crippen LogP contribution >= 0.6 is 0 Å². The van der Waals surface area contributed by atoms with Crippen LogP contribution in [0.4, 0.5) is 5.69 Å². The van der Waals surface area contributed by atoms with Crippen molar-refractivity contribution in [3.63, 3.8) is 0 Å². The Morgan fingerprint density at radius 1 is 0.966 bits per heavy atom.